The van der Waals surface area contributed by atoms with Gasteiger partial charge in [-0.1, -0.05) is 12.1 Å². The molecule has 0 bridgehead atoms. The highest BCUT2D eigenvalue weighted by molar-refractivity contribution is 9.10. The molecule has 0 fully saturated rings. The van der Waals surface area contributed by atoms with Crippen molar-refractivity contribution in [1.82, 2.24) is 0 Å². The zero-order valence-corrected chi connectivity index (χ0v) is 11.9. The number of hydrogen-bond donors (Lipinski definition) is 0. The fourth-order valence-corrected chi connectivity index (χ4v) is 2.36. The number of ketones is 1. The Balaban J connectivity index is 1.76. The van der Waals surface area contributed by atoms with Crippen molar-refractivity contribution in [2.75, 3.05) is 6.61 Å². The molecule has 102 valence electrons. The van der Waals surface area contributed by atoms with Crippen molar-refractivity contribution in [3.05, 3.63) is 57.8 Å². The van der Waals surface area contributed by atoms with E-state index < -0.39 is 0 Å². The van der Waals surface area contributed by atoms with Gasteiger partial charge in [0.05, 0.1) is 10.0 Å². The Morgan fingerprint density at radius 3 is 3.00 bits per heavy atom. The van der Waals surface area contributed by atoms with Gasteiger partial charge >= 0.3 is 0 Å². The van der Waals surface area contributed by atoms with Crippen LogP contribution in [-0.4, -0.2) is 12.4 Å². The topological polar surface area (TPSA) is 35.5 Å². The van der Waals surface area contributed by atoms with Crippen molar-refractivity contribution in [3.63, 3.8) is 0 Å². The van der Waals surface area contributed by atoms with Crippen LogP contribution in [0.2, 0.25) is 0 Å². The molecule has 0 amide bonds. The van der Waals surface area contributed by atoms with E-state index in [-0.39, 0.29) is 24.8 Å². The van der Waals surface area contributed by atoms with E-state index in [1.807, 2.05) is 0 Å². The largest absolute Gasteiger partial charge is 0.489 e. The molecule has 3 nitrogen and oxygen atoms in total. The van der Waals surface area contributed by atoms with Gasteiger partial charge in [-0.15, -0.1) is 0 Å². The van der Waals surface area contributed by atoms with Crippen LogP contribution >= 0.6 is 15.9 Å². The summed E-state index contributed by atoms with van der Waals surface area (Å²) in [5.74, 6) is 0.758. The van der Waals surface area contributed by atoms with Gasteiger partial charge in [0.25, 0.3) is 0 Å². The predicted molar refractivity (Wildman–Crippen MR) is 74.7 cm³/mol. The standard InChI is InChI=1S/C15H10BrFO3/c16-15-9(2-1-3-12(15)17)7-19-10-4-5-11-13(18)8-20-14(11)6-10/h1-6H,7-8H2. The summed E-state index contributed by atoms with van der Waals surface area (Å²) in [5.41, 5.74) is 1.28. The zero-order chi connectivity index (χ0) is 14.1. The van der Waals surface area contributed by atoms with Gasteiger partial charge in [0, 0.05) is 11.6 Å². The normalized spacial score (nSPS) is 13.0. The summed E-state index contributed by atoms with van der Waals surface area (Å²) in [6, 6.07) is 9.85. The molecule has 3 rings (SSSR count). The summed E-state index contributed by atoms with van der Waals surface area (Å²) in [5, 5.41) is 0. The number of halogens is 2. The molecular weight excluding hydrogens is 327 g/mol. The van der Waals surface area contributed by atoms with Crippen molar-refractivity contribution >= 4 is 21.7 Å². The van der Waals surface area contributed by atoms with Crippen LogP contribution in [0.15, 0.2) is 40.9 Å². The van der Waals surface area contributed by atoms with Crippen LogP contribution in [0.5, 0.6) is 11.5 Å². The molecule has 0 atom stereocenters. The fraction of sp³-hybridized carbons (Fsp3) is 0.133. The lowest BCUT2D eigenvalue weighted by molar-refractivity contribution is 0.0961. The van der Waals surface area contributed by atoms with E-state index in [1.54, 1.807) is 30.3 Å². The second kappa shape index (κ2) is 5.25. The van der Waals surface area contributed by atoms with Gasteiger partial charge in [-0.2, -0.15) is 0 Å². The fourth-order valence-electron chi connectivity index (χ4n) is 1.98. The number of fused-ring (bicyclic) bond motifs is 1. The van der Waals surface area contributed by atoms with E-state index in [4.69, 9.17) is 9.47 Å². The molecule has 0 N–H and O–H groups in total. The van der Waals surface area contributed by atoms with Crippen LogP contribution in [0.25, 0.3) is 0 Å². The molecular formula is C15H10BrFO3. The number of hydrogen-bond acceptors (Lipinski definition) is 3. The Kier molecular flexibility index (Phi) is 3.44. The van der Waals surface area contributed by atoms with E-state index in [0.29, 0.717) is 27.1 Å². The Morgan fingerprint density at radius 1 is 1.30 bits per heavy atom. The minimum atomic E-state index is -0.325. The van der Waals surface area contributed by atoms with Gasteiger partial charge < -0.3 is 9.47 Å². The number of benzene rings is 2. The number of rotatable bonds is 3. The first kappa shape index (κ1) is 13.1. The van der Waals surface area contributed by atoms with Gasteiger partial charge in [0.15, 0.2) is 6.61 Å². The minimum Gasteiger partial charge on any atom is -0.489 e. The average Bonchev–Trinajstić information content (AvgIpc) is 2.82. The molecule has 0 unspecified atom stereocenters. The predicted octanol–water partition coefficient (Wildman–Crippen LogP) is 3.74. The smallest absolute Gasteiger partial charge is 0.203 e. The lowest BCUT2D eigenvalue weighted by Gasteiger charge is -2.09. The molecule has 0 saturated carbocycles. The van der Waals surface area contributed by atoms with Crippen molar-refractivity contribution in [2.45, 2.75) is 6.61 Å². The van der Waals surface area contributed by atoms with Crippen LogP contribution in [-0.2, 0) is 6.61 Å². The maximum absolute atomic E-state index is 13.4. The minimum absolute atomic E-state index is 0.0283. The van der Waals surface area contributed by atoms with E-state index in [0.717, 1.165) is 0 Å². The molecule has 0 radical (unpaired) electrons. The molecule has 2 aromatic carbocycles. The molecule has 1 aliphatic heterocycles. The van der Waals surface area contributed by atoms with Gasteiger partial charge in [0.1, 0.15) is 23.9 Å². The molecule has 1 aliphatic rings. The quantitative estimate of drug-likeness (QED) is 0.856. The van der Waals surface area contributed by atoms with Crippen LogP contribution < -0.4 is 9.47 Å². The molecule has 0 spiro atoms. The highest BCUT2D eigenvalue weighted by Gasteiger charge is 2.21. The molecule has 5 heteroatoms. The molecule has 0 aromatic heterocycles. The number of carbonyl (C=O) groups is 1. The van der Waals surface area contributed by atoms with Crippen LogP contribution in [0.3, 0.4) is 0 Å². The Labute approximate surface area is 123 Å². The third-order valence-corrected chi connectivity index (χ3v) is 3.93. The first-order valence-corrected chi connectivity index (χ1v) is 6.80. The molecule has 0 aliphatic carbocycles. The van der Waals surface area contributed by atoms with Crippen molar-refractivity contribution in [2.24, 2.45) is 0 Å². The van der Waals surface area contributed by atoms with Gasteiger partial charge in [-0.25, -0.2) is 4.39 Å². The first-order valence-electron chi connectivity index (χ1n) is 6.01. The summed E-state index contributed by atoms with van der Waals surface area (Å²) >= 11 is 3.19. The zero-order valence-electron chi connectivity index (χ0n) is 10.4. The highest BCUT2D eigenvalue weighted by atomic mass is 79.9. The molecule has 2 aromatic rings. The summed E-state index contributed by atoms with van der Waals surface area (Å²) in [6.07, 6.45) is 0. The third kappa shape index (κ3) is 2.41. The SMILES string of the molecule is O=C1COc2cc(OCc3cccc(F)c3Br)ccc21. The first-order chi connectivity index (χ1) is 9.65. The van der Waals surface area contributed by atoms with Crippen molar-refractivity contribution in [1.29, 1.82) is 0 Å². The Hall–Kier alpha value is -1.88. The Bertz CT molecular complexity index is 685. The van der Waals surface area contributed by atoms with Crippen molar-refractivity contribution in [3.8, 4) is 11.5 Å². The lowest BCUT2D eigenvalue weighted by atomic mass is 10.1. The van der Waals surface area contributed by atoms with Crippen LogP contribution in [0.4, 0.5) is 4.39 Å². The van der Waals surface area contributed by atoms with Crippen molar-refractivity contribution < 1.29 is 18.7 Å². The number of Topliss-reactive ketones (excluding diaryl/α,β-unsaturated/α-hetero) is 1. The lowest BCUT2D eigenvalue weighted by Crippen LogP contribution is -1.98. The van der Waals surface area contributed by atoms with Gasteiger partial charge in [-0.3, -0.25) is 4.79 Å². The van der Waals surface area contributed by atoms with Crippen LogP contribution in [0, 0.1) is 5.82 Å². The van der Waals surface area contributed by atoms with Crippen LogP contribution in [0.1, 0.15) is 15.9 Å². The monoisotopic (exact) mass is 336 g/mol. The van der Waals surface area contributed by atoms with E-state index in [1.165, 1.54) is 6.07 Å². The second-order valence-corrected chi connectivity index (χ2v) is 5.16. The molecule has 20 heavy (non-hydrogen) atoms. The van der Waals surface area contributed by atoms with E-state index >= 15 is 0 Å². The molecule has 1 heterocycles. The summed E-state index contributed by atoms with van der Waals surface area (Å²) in [4.78, 5) is 11.4. The third-order valence-electron chi connectivity index (χ3n) is 3.04. The summed E-state index contributed by atoms with van der Waals surface area (Å²) < 4.78 is 24.6. The maximum Gasteiger partial charge on any atom is 0.203 e. The van der Waals surface area contributed by atoms with Gasteiger partial charge in [0.2, 0.25) is 5.78 Å². The Morgan fingerprint density at radius 2 is 2.15 bits per heavy atom. The summed E-state index contributed by atoms with van der Waals surface area (Å²) in [7, 11) is 0. The van der Waals surface area contributed by atoms with E-state index in [2.05, 4.69) is 15.9 Å². The van der Waals surface area contributed by atoms with Gasteiger partial charge in [-0.05, 0) is 34.1 Å². The maximum atomic E-state index is 13.4. The average molecular weight is 337 g/mol. The van der Waals surface area contributed by atoms with E-state index in [9.17, 15) is 9.18 Å². The highest BCUT2D eigenvalue weighted by Crippen LogP contribution is 2.30. The number of ether oxygens (including phenoxy) is 2. The number of carbonyl (C=O) groups excluding carboxylic acids is 1. The summed E-state index contributed by atoms with van der Waals surface area (Å²) in [6.45, 7) is 0.305. The second-order valence-electron chi connectivity index (χ2n) is 4.37. The molecule has 0 saturated heterocycles.